The summed E-state index contributed by atoms with van der Waals surface area (Å²) < 4.78 is 6.00. The first kappa shape index (κ1) is 24.4. The maximum atomic E-state index is 14.0. The van der Waals surface area contributed by atoms with Gasteiger partial charge in [0.05, 0.1) is 28.0 Å². The van der Waals surface area contributed by atoms with Crippen molar-refractivity contribution in [2.75, 3.05) is 42.9 Å². The number of piperazine rings is 1. The second-order valence-electron chi connectivity index (χ2n) is 11.4. The fourth-order valence-electron chi connectivity index (χ4n) is 6.92. The summed E-state index contributed by atoms with van der Waals surface area (Å²) in [7, 11) is 0. The number of carbonyl (C=O) groups is 1. The number of nitrogens with one attached hydrogen (secondary N) is 1. The Hall–Kier alpha value is -4.37. The van der Waals surface area contributed by atoms with Gasteiger partial charge in [-0.1, -0.05) is 60.8 Å². The van der Waals surface area contributed by atoms with E-state index in [9.17, 15) is 4.79 Å². The maximum Gasteiger partial charge on any atom is 0.196 e. The number of carbonyl (C=O) groups excluding carboxylic acids is 1. The average Bonchev–Trinajstić information content (AvgIpc) is 3.73. The van der Waals surface area contributed by atoms with Gasteiger partial charge >= 0.3 is 0 Å². The lowest BCUT2D eigenvalue weighted by molar-refractivity contribution is 0.104. The molecule has 4 aromatic rings. The molecular weight excluding hydrogens is 514 g/mol. The lowest BCUT2D eigenvalue weighted by atomic mass is 9.86. The number of hydrogen-bond acceptors (Lipinski definition) is 9. The minimum atomic E-state index is -0.0161. The largest absolute Gasteiger partial charge is 0.367 e. The number of hydrogen-bond donors (Lipinski definition) is 1. The molecule has 9 nitrogen and oxygen atoms in total. The van der Waals surface area contributed by atoms with Crippen LogP contribution in [-0.2, 0) is 0 Å². The van der Waals surface area contributed by atoms with Gasteiger partial charge in [-0.25, -0.2) is 0 Å². The summed E-state index contributed by atoms with van der Waals surface area (Å²) in [5.74, 6) is 0.649. The third-order valence-electron chi connectivity index (χ3n) is 9.07. The van der Waals surface area contributed by atoms with E-state index in [4.69, 9.17) is 4.52 Å². The highest BCUT2D eigenvalue weighted by molar-refractivity contribution is 6.28. The highest BCUT2D eigenvalue weighted by Gasteiger charge is 2.34. The van der Waals surface area contributed by atoms with Crippen LogP contribution in [-0.4, -0.2) is 60.3 Å². The molecule has 3 aromatic carbocycles. The summed E-state index contributed by atoms with van der Waals surface area (Å²) in [6.45, 7) is 4.41. The number of benzene rings is 3. The molecule has 3 heterocycles. The van der Waals surface area contributed by atoms with Crippen LogP contribution in [0.2, 0.25) is 0 Å². The van der Waals surface area contributed by atoms with Gasteiger partial charge in [-0.15, -0.1) is 5.10 Å². The fourth-order valence-corrected chi connectivity index (χ4v) is 6.92. The zero-order valence-electron chi connectivity index (χ0n) is 22.8. The van der Waals surface area contributed by atoms with Crippen LogP contribution in [0.1, 0.15) is 53.6 Å². The van der Waals surface area contributed by atoms with Gasteiger partial charge < -0.3 is 14.7 Å². The van der Waals surface area contributed by atoms with E-state index in [0.29, 0.717) is 29.5 Å². The highest BCUT2D eigenvalue weighted by Crippen LogP contribution is 2.46. The van der Waals surface area contributed by atoms with Crippen LogP contribution in [0.5, 0.6) is 0 Å². The van der Waals surface area contributed by atoms with Crippen LogP contribution in [0.4, 0.5) is 17.1 Å². The van der Waals surface area contributed by atoms with E-state index in [0.717, 1.165) is 71.0 Å². The SMILES string of the molecule is O=C1c2ccccc2-c2onc3c(N4CCN(C5CCCCC5)CC4)cc(Nc4ccc(C5=NN=NC5)cc4)c1c23. The molecule has 1 saturated carbocycles. The molecule has 0 bridgehead atoms. The summed E-state index contributed by atoms with van der Waals surface area (Å²) in [6.07, 6.45) is 6.70. The van der Waals surface area contributed by atoms with Crippen LogP contribution in [0.25, 0.3) is 22.2 Å². The predicted octanol–water partition coefficient (Wildman–Crippen LogP) is 6.41. The van der Waals surface area contributed by atoms with E-state index >= 15 is 0 Å². The fraction of sp³-hybridized carbons (Fsp3) is 0.344. The van der Waals surface area contributed by atoms with Crippen LogP contribution in [0, 0.1) is 0 Å². The van der Waals surface area contributed by atoms with Gasteiger partial charge in [0.15, 0.2) is 11.5 Å². The zero-order chi connectivity index (χ0) is 27.3. The van der Waals surface area contributed by atoms with Crippen LogP contribution in [0.15, 0.2) is 74.6 Å². The Balaban J connectivity index is 1.18. The summed E-state index contributed by atoms with van der Waals surface area (Å²) in [6, 6.07) is 18.5. The monoisotopic (exact) mass is 545 g/mol. The molecule has 2 fully saturated rings. The van der Waals surface area contributed by atoms with Crippen molar-refractivity contribution < 1.29 is 9.32 Å². The molecule has 206 valence electrons. The molecule has 1 N–H and O–H groups in total. The Kier molecular flexibility index (Phi) is 5.91. The molecule has 1 aromatic heterocycles. The van der Waals surface area contributed by atoms with Crippen molar-refractivity contribution in [2.45, 2.75) is 38.1 Å². The number of aromatic nitrogens is 1. The summed E-state index contributed by atoms with van der Waals surface area (Å²) in [5, 5.41) is 20.7. The van der Waals surface area contributed by atoms with E-state index < -0.39 is 0 Å². The molecule has 0 radical (unpaired) electrons. The van der Waals surface area contributed by atoms with Gasteiger partial charge in [0, 0.05) is 54.6 Å². The lowest BCUT2D eigenvalue weighted by Crippen LogP contribution is -2.51. The van der Waals surface area contributed by atoms with Crippen molar-refractivity contribution in [3.63, 3.8) is 0 Å². The van der Waals surface area contributed by atoms with Gasteiger partial charge in [0.25, 0.3) is 0 Å². The Morgan fingerprint density at radius 2 is 1.68 bits per heavy atom. The molecule has 41 heavy (non-hydrogen) atoms. The number of nitrogens with zero attached hydrogens (tertiary/aromatic N) is 6. The molecule has 2 aliphatic carbocycles. The molecule has 9 heteroatoms. The molecule has 0 spiro atoms. The van der Waals surface area contributed by atoms with Gasteiger partial charge in [-0.2, -0.15) is 5.11 Å². The Bertz CT molecular complexity index is 1710. The molecule has 0 amide bonds. The zero-order valence-corrected chi connectivity index (χ0v) is 22.8. The van der Waals surface area contributed by atoms with Gasteiger partial charge in [-0.05, 0) is 36.3 Å². The second kappa shape index (κ2) is 9.92. The van der Waals surface area contributed by atoms with Crippen molar-refractivity contribution in [3.05, 3.63) is 71.3 Å². The van der Waals surface area contributed by atoms with E-state index in [1.165, 1.54) is 32.1 Å². The van der Waals surface area contributed by atoms with E-state index in [-0.39, 0.29) is 5.78 Å². The molecule has 0 unspecified atom stereocenters. The Morgan fingerprint density at radius 1 is 0.902 bits per heavy atom. The highest BCUT2D eigenvalue weighted by atomic mass is 16.5. The first-order chi connectivity index (χ1) is 20.2. The molecular formula is C32H31N7O2. The molecule has 2 aliphatic heterocycles. The van der Waals surface area contributed by atoms with Gasteiger partial charge in [0.2, 0.25) is 0 Å². The number of rotatable bonds is 5. The summed E-state index contributed by atoms with van der Waals surface area (Å²) >= 11 is 0. The smallest absolute Gasteiger partial charge is 0.196 e. The maximum absolute atomic E-state index is 14.0. The topological polar surface area (TPSA) is 98.7 Å². The third kappa shape index (κ3) is 4.14. The first-order valence-corrected chi connectivity index (χ1v) is 14.6. The van der Waals surface area contributed by atoms with E-state index in [1.54, 1.807) is 0 Å². The van der Waals surface area contributed by atoms with Crippen LogP contribution >= 0.6 is 0 Å². The van der Waals surface area contributed by atoms with Crippen LogP contribution < -0.4 is 10.2 Å². The van der Waals surface area contributed by atoms with E-state index in [1.807, 2.05) is 48.5 Å². The quantitative estimate of drug-likeness (QED) is 0.274. The van der Waals surface area contributed by atoms with Gasteiger partial charge in [-0.3, -0.25) is 9.69 Å². The van der Waals surface area contributed by atoms with Gasteiger partial charge in [0.1, 0.15) is 12.1 Å². The average molecular weight is 546 g/mol. The van der Waals surface area contributed by atoms with Crippen molar-refractivity contribution in [2.24, 2.45) is 15.4 Å². The first-order valence-electron chi connectivity index (χ1n) is 14.6. The van der Waals surface area contributed by atoms with Crippen molar-refractivity contribution in [3.8, 4) is 11.3 Å². The summed E-state index contributed by atoms with van der Waals surface area (Å²) in [5.41, 5.74) is 7.31. The Morgan fingerprint density at radius 3 is 2.44 bits per heavy atom. The number of anilines is 3. The lowest BCUT2D eigenvalue weighted by Gasteiger charge is -2.41. The molecule has 8 rings (SSSR count). The number of fused-ring (bicyclic) bond motifs is 2. The third-order valence-corrected chi connectivity index (χ3v) is 9.07. The van der Waals surface area contributed by atoms with Crippen molar-refractivity contribution in [1.82, 2.24) is 10.1 Å². The standard InChI is InChI=1S/C32H31N7O2/c40-31-23-8-4-5-9-24(23)32-29-28(31)25(34-21-12-10-20(11-13-21)26-19-33-37-35-26)18-27(30(29)36-41-32)39-16-14-38(15-17-39)22-6-2-1-3-7-22/h4-5,8-13,18,22,34H,1-3,6-7,14-17,19H2. The Labute approximate surface area is 237 Å². The van der Waals surface area contributed by atoms with Crippen LogP contribution in [0.3, 0.4) is 0 Å². The summed E-state index contributed by atoms with van der Waals surface area (Å²) in [4.78, 5) is 19.1. The van der Waals surface area contributed by atoms with E-state index in [2.05, 4.69) is 41.8 Å². The predicted molar refractivity (Wildman–Crippen MR) is 160 cm³/mol. The normalized spacial score (nSPS) is 19.1. The minimum absolute atomic E-state index is 0.0161. The molecule has 0 atom stereocenters. The molecule has 1 saturated heterocycles. The molecule has 4 aliphatic rings. The minimum Gasteiger partial charge on any atom is -0.367 e. The number of ketones is 1. The van der Waals surface area contributed by atoms with Crippen molar-refractivity contribution >= 4 is 39.5 Å². The second-order valence-corrected chi connectivity index (χ2v) is 11.4. The van der Waals surface area contributed by atoms with Crippen molar-refractivity contribution in [1.29, 1.82) is 0 Å².